The van der Waals surface area contributed by atoms with Crippen molar-refractivity contribution in [1.29, 1.82) is 0 Å². The molecule has 9 aromatic carbocycles. The Labute approximate surface area is 326 Å². The Bertz CT molecular complexity index is 3530. The highest BCUT2D eigenvalue weighted by Crippen LogP contribution is 2.42. The SMILES string of the molecule is c1ccc2cc3c(cc2c1)c1cccc(-c2ccc4c(c2)sc2ccccc24)c1n3-c1nc(-c2ccc(-c3cccc4ccccc34)cc2)c2ccccc2n1. The van der Waals surface area contributed by atoms with Gasteiger partial charge < -0.3 is 0 Å². The lowest BCUT2D eigenvalue weighted by molar-refractivity contribution is 1.01. The van der Waals surface area contributed by atoms with Crippen LogP contribution in [0.5, 0.6) is 0 Å². The Balaban J connectivity index is 1.11. The molecular formula is C52H31N3S. The summed E-state index contributed by atoms with van der Waals surface area (Å²) in [6, 6.07) is 67.9. The van der Waals surface area contributed by atoms with Crippen LogP contribution in [0, 0.1) is 0 Å². The highest BCUT2D eigenvalue weighted by atomic mass is 32.1. The molecule has 3 heterocycles. The average Bonchev–Trinajstić information content (AvgIpc) is 3.80. The van der Waals surface area contributed by atoms with E-state index in [4.69, 9.17) is 9.97 Å². The first-order chi connectivity index (χ1) is 27.7. The number of hydrogen-bond donors (Lipinski definition) is 0. The van der Waals surface area contributed by atoms with Crippen molar-refractivity contribution in [2.75, 3.05) is 0 Å². The number of aromatic nitrogens is 3. The summed E-state index contributed by atoms with van der Waals surface area (Å²) in [5.41, 5.74) is 9.79. The first-order valence-electron chi connectivity index (χ1n) is 19.0. The third-order valence-electron chi connectivity index (χ3n) is 11.4. The number of nitrogens with zero attached hydrogens (tertiary/aromatic N) is 3. The Hall–Kier alpha value is -7.14. The predicted molar refractivity (Wildman–Crippen MR) is 238 cm³/mol. The molecule has 0 spiro atoms. The molecule has 3 nitrogen and oxygen atoms in total. The Kier molecular flexibility index (Phi) is 6.80. The zero-order valence-electron chi connectivity index (χ0n) is 30.1. The van der Waals surface area contributed by atoms with Gasteiger partial charge in [-0.05, 0) is 68.6 Å². The Morgan fingerprint density at radius 3 is 1.88 bits per heavy atom. The monoisotopic (exact) mass is 729 g/mol. The van der Waals surface area contributed by atoms with E-state index in [9.17, 15) is 0 Å². The van der Waals surface area contributed by atoms with E-state index in [1.807, 2.05) is 11.3 Å². The summed E-state index contributed by atoms with van der Waals surface area (Å²) in [5, 5.41) is 10.9. The van der Waals surface area contributed by atoms with Crippen molar-refractivity contribution in [3.05, 3.63) is 188 Å². The van der Waals surface area contributed by atoms with Crippen LogP contribution in [0.4, 0.5) is 0 Å². The maximum absolute atomic E-state index is 5.51. The standard InChI is InChI=1S/C52H31N3S/c1-2-13-36-30-47-45(29-35(36)12-1)43-20-10-19-40(37-27-28-42-41-16-6-8-22-48(41)56-49(42)31-37)51(43)55(47)52-53-46-21-7-5-17-44(46)50(54-52)34-25-23-33(24-26-34)39-18-9-14-32-11-3-4-15-38(32)39/h1-31H. The lowest BCUT2D eigenvalue weighted by atomic mass is 9.96. The molecule has 0 fully saturated rings. The van der Waals surface area contributed by atoms with Gasteiger partial charge in [-0.15, -0.1) is 11.3 Å². The van der Waals surface area contributed by atoms with E-state index >= 15 is 0 Å². The van der Waals surface area contributed by atoms with Crippen molar-refractivity contribution in [3.63, 3.8) is 0 Å². The maximum atomic E-state index is 5.51. The Morgan fingerprint density at radius 2 is 1.00 bits per heavy atom. The van der Waals surface area contributed by atoms with Crippen molar-refractivity contribution in [3.8, 4) is 39.5 Å². The summed E-state index contributed by atoms with van der Waals surface area (Å²) >= 11 is 1.85. The van der Waals surface area contributed by atoms with E-state index < -0.39 is 0 Å². The first kappa shape index (κ1) is 31.2. The normalized spacial score (nSPS) is 11.9. The average molecular weight is 730 g/mol. The lowest BCUT2D eigenvalue weighted by Crippen LogP contribution is -2.04. The van der Waals surface area contributed by atoms with Gasteiger partial charge in [0.05, 0.1) is 22.2 Å². The zero-order chi connectivity index (χ0) is 36.7. The van der Waals surface area contributed by atoms with E-state index in [1.165, 1.54) is 69.2 Å². The molecule has 0 radical (unpaired) electrons. The molecule has 12 aromatic rings. The molecule has 0 aliphatic heterocycles. The quantitative estimate of drug-likeness (QED) is 0.181. The molecule has 260 valence electrons. The molecule has 0 aliphatic carbocycles. The second kappa shape index (κ2) is 12.2. The van der Waals surface area contributed by atoms with Gasteiger partial charge in [0, 0.05) is 47.5 Å². The Morgan fingerprint density at radius 1 is 0.375 bits per heavy atom. The number of benzene rings is 9. The smallest absolute Gasteiger partial charge is 0.235 e. The number of rotatable bonds is 4. The largest absolute Gasteiger partial charge is 0.277 e. The highest BCUT2D eigenvalue weighted by Gasteiger charge is 2.21. The summed E-state index contributed by atoms with van der Waals surface area (Å²) in [6.07, 6.45) is 0. The molecule has 12 rings (SSSR count). The molecule has 0 saturated heterocycles. The minimum absolute atomic E-state index is 0.655. The summed E-state index contributed by atoms with van der Waals surface area (Å²) in [6.45, 7) is 0. The van der Waals surface area contributed by atoms with Crippen LogP contribution in [-0.2, 0) is 0 Å². The molecule has 4 heteroatoms. The fourth-order valence-electron chi connectivity index (χ4n) is 8.75. The summed E-state index contributed by atoms with van der Waals surface area (Å²) in [4.78, 5) is 10.9. The highest BCUT2D eigenvalue weighted by molar-refractivity contribution is 7.25. The van der Waals surface area contributed by atoms with Gasteiger partial charge in [-0.3, -0.25) is 4.57 Å². The fraction of sp³-hybridized carbons (Fsp3) is 0. The van der Waals surface area contributed by atoms with Crippen molar-refractivity contribution < 1.29 is 0 Å². The minimum atomic E-state index is 0.655. The summed E-state index contributed by atoms with van der Waals surface area (Å²) in [5.74, 6) is 0.655. The molecule has 3 aromatic heterocycles. The van der Waals surface area contributed by atoms with Gasteiger partial charge in [0.25, 0.3) is 0 Å². The molecule has 0 atom stereocenters. The van der Waals surface area contributed by atoms with Gasteiger partial charge in [-0.25, -0.2) is 9.97 Å². The van der Waals surface area contributed by atoms with E-state index in [1.54, 1.807) is 0 Å². The number of fused-ring (bicyclic) bond motifs is 9. The van der Waals surface area contributed by atoms with E-state index in [0.29, 0.717) is 5.95 Å². The van der Waals surface area contributed by atoms with Crippen LogP contribution in [0.25, 0.3) is 114 Å². The lowest BCUT2D eigenvalue weighted by Gasteiger charge is -2.14. The fourth-order valence-corrected chi connectivity index (χ4v) is 9.90. The minimum Gasteiger partial charge on any atom is -0.277 e. The third kappa shape index (κ3) is 4.76. The number of thiophene rings is 1. The van der Waals surface area contributed by atoms with Gasteiger partial charge in [0.2, 0.25) is 5.95 Å². The number of para-hydroxylation sites is 2. The molecular weight excluding hydrogens is 699 g/mol. The van der Waals surface area contributed by atoms with Crippen molar-refractivity contribution in [2.24, 2.45) is 0 Å². The van der Waals surface area contributed by atoms with Crippen LogP contribution in [0.2, 0.25) is 0 Å². The second-order valence-corrected chi connectivity index (χ2v) is 15.6. The van der Waals surface area contributed by atoms with E-state index in [2.05, 4.69) is 193 Å². The molecule has 0 saturated carbocycles. The van der Waals surface area contributed by atoms with Crippen molar-refractivity contribution in [2.45, 2.75) is 0 Å². The molecule has 0 amide bonds. The summed E-state index contributed by atoms with van der Waals surface area (Å²) in [7, 11) is 0. The third-order valence-corrected chi connectivity index (χ3v) is 12.5. The van der Waals surface area contributed by atoms with E-state index in [-0.39, 0.29) is 0 Å². The molecule has 0 N–H and O–H groups in total. The van der Waals surface area contributed by atoms with Crippen LogP contribution >= 0.6 is 11.3 Å². The maximum Gasteiger partial charge on any atom is 0.235 e. The van der Waals surface area contributed by atoms with Crippen LogP contribution in [0.3, 0.4) is 0 Å². The van der Waals surface area contributed by atoms with Gasteiger partial charge in [-0.2, -0.15) is 0 Å². The topological polar surface area (TPSA) is 30.7 Å². The van der Waals surface area contributed by atoms with Crippen LogP contribution < -0.4 is 0 Å². The van der Waals surface area contributed by atoms with Gasteiger partial charge in [0.15, 0.2) is 0 Å². The van der Waals surface area contributed by atoms with Crippen molar-refractivity contribution >= 4 is 85.8 Å². The first-order valence-corrected chi connectivity index (χ1v) is 19.8. The van der Waals surface area contributed by atoms with Crippen LogP contribution in [0.15, 0.2) is 188 Å². The van der Waals surface area contributed by atoms with E-state index in [0.717, 1.165) is 38.8 Å². The summed E-state index contributed by atoms with van der Waals surface area (Å²) < 4.78 is 4.90. The predicted octanol–water partition coefficient (Wildman–Crippen LogP) is 14.4. The molecule has 0 bridgehead atoms. The molecule has 56 heavy (non-hydrogen) atoms. The second-order valence-electron chi connectivity index (χ2n) is 14.6. The molecule has 0 aliphatic rings. The number of hydrogen-bond acceptors (Lipinski definition) is 3. The van der Waals surface area contributed by atoms with Crippen molar-refractivity contribution in [1.82, 2.24) is 14.5 Å². The van der Waals surface area contributed by atoms with Crippen LogP contribution in [-0.4, -0.2) is 14.5 Å². The van der Waals surface area contributed by atoms with Gasteiger partial charge >= 0.3 is 0 Å². The van der Waals surface area contributed by atoms with Gasteiger partial charge in [0.1, 0.15) is 0 Å². The van der Waals surface area contributed by atoms with Crippen LogP contribution in [0.1, 0.15) is 0 Å². The molecule has 0 unspecified atom stereocenters. The zero-order valence-corrected chi connectivity index (χ0v) is 31.0. The van der Waals surface area contributed by atoms with Gasteiger partial charge in [-0.1, -0.05) is 158 Å².